The maximum atomic E-state index is 6.89. The molecule has 1 spiro atoms. The summed E-state index contributed by atoms with van der Waals surface area (Å²) in [6.45, 7) is 0. The minimum atomic E-state index is -0.802. The summed E-state index contributed by atoms with van der Waals surface area (Å²) in [5.41, 5.74) is 17.9. The predicted molar refractivity (Wildman–Crippen MR) is 262 cm³/mol. The molecule has 0 atom stereocenters. The van der Waals surface area contributed by atoms with Crippen molar-refractivity contribution in [3.8, 4) is 56.0 Å². The first-order valence-electron chi connectivity index (χ1n) is 21.9. The first kappa shape index (κ1) is 36.3. The van der Waals surface area contributed by atoms with Crippen molar-refractivity contribution in [1.29, 1.82) is 0 Å². The highest BCUT2D eigenvalue weighted by atomic mass is 16.5. The Hall–Kier alpha value is -8.40. The van der Waals surface area contributed by atoms with Crippen LogP contribution >= 0.6 is 0 Å². The van der Waals surface area contributed by atoms with Crippen LogP contribution in [-0.2, 0) is 5.41 Å². The minimum absolute atomic E-state index is 0.802. The zero-order valence-corrected chi connectivity index (χ0v) is 34.8. The van der Waals surface area contributed by atoms with Gasteiger partial charge in [0.2, 0.25) is 0 Å². The molecule has 0 aliphatic carbocycles. The number of hydrogen-bond donors (Lipinski definition) is 0. The van der Waals surface area contributed by atoms with Crippen molar-refractivity contribution >= 4 is 39.0 Å². The molecule has 2 aliphatic rings. The third kappa shape index (κ3) is 5.34. The molecule has 300 valence electrons. The smallest absolute Gasteiger partial charge is 0.159 e. The molecular weight excluding hydrogens is 779 g/mol. The molecular formula is C61H39NO2. The Labute approximate surface area is 371 Å². The summed E-state index contributed by atoms with van der Waals surface area (Å²) in [5.74, 6) is 1.69. The number of ether oxygens (including phenoxy) is 1. The summed E-state index contributed by atoms with van der Waals surface area (Å²) >= 11 is 0. The average Bonchev–Trinajstić information content (AvgIpc) is 3.76. The number of furan rings is 1. The molecule has 3 heteroatoms. The molecule has 3 nitrogen and oxygen atoms in total. The van der Waals surface area contributed by atoms with Crippen LogP contribution in [0.2, 0.25) is 0 Å². The van der Waals surface area contributed by atoms with Crippen molar-refractivity contribution in [1.82, 2.24) is 0 Å². The Bertz CT molecular complexity index is 3420. The molecule has 64 heavy (non-hydrogen) atoms. The minimum Gasteiger partial charge on any atom is -0.457 e. The molecule has 0 unspecified atom stereocenters. The molecule has 0 amide bonds. The maximum absolute atomic E-state index is 6.89. The second-order valence-electron chi connectivity index (χ2n) is 16.7. The predicted octanol–water partition coefficient (Wildman–Crippen LogP) is 16.5. The highest BCUT2D eigenvalue weighted by molar-refractivity contribution is 6.11. The van der Waals surface area contributed by atoms with E-state index in [1.165, 1.54) is 33.4 Å². The lowest BCUT2D eigenvalue weighted by Crippen LogP contribution is -2.39. The largest absolute Gasteiger partial charge is 0.457 e. The Morgan fingerprint density at radius 1 is 0.312 bits per heavy atom. The van der Waals surface area contributed by atoms with E-state index in [-0.39, 0.29) is 0 Å². The first-order chi connectivity index (χ1) is 31.8. The molecule has 0 saturated carbocycles. The number of hydrogen-bond acceptors (Lipinski definition) is 3. The van der Waals surface area contributed by atoms with E-state index < -0.39 is 5.41 Å². The van der Waals surface area contributed by atoms with Crippen molar-refractivity contribution in [2.45, 2.75) is 5.41 Å². The third-order valence-electron chi connectivity index (χ3n) is 13.4. The standard InChI is InChI=1S/C61H39NO2/c1-3-18-40(19-4-1)44-22-7-9-24-46(44)42-34-36-54-52(38-42)61(50-28-12-15-32-58(50)63-59-33-16-13-29-51(59)61)53-39-43(47-25-10-8-23-45(47)41-20-5-2-6-21-41)35-37-55(53)62(54)56-30-17-27-49-48-26-11-14-31-57(48)64-60(49)56/h1-39H. The molecule has 0 bridgehead atoms. The Kier molecular flexibility index (Phi) is 8.13. The van der Waals surface area contributed by atoms with E-state index in [1.54, 1.807) is 0 Å². The molecule has 1 aromatic heterocycles. The molecule has 0 fully saturated rings. The van der Waals surface area contributed by atoms with Crippen LogP contribution in [0.1, 0.15) is 22.3 Å². The van der Waals surface area contributed by atoms with E-state index in [1.807, 2.05) is 6.07 Å². The topological polar surface area (TPSA) is 25.6 Å². The van der Waals surface area contributed by atoms with Gasteiger partial charge in [0.1, 0.15) is 17.1 Å². The Morgan fingerprint density at radius 3 is 1.33 bits per heavy atom. The molecule has 11 aromatic rings. The first-order valence-corrected chi connectivity index (χ1v) is 21.9. The summed E-state index contributed by atoms with van der Waals surface area (Å²) < 4.78 is 13.8. The fourth-order valence-corrected chi connectivity index (χ4v) is 10.6. The van der Waals surface area contributed by atoms with E-state index in [2.05, 4.69) is 235 Å². The lowest BCUT2D eigenvalue weighted by molar-refractivity contribution is 0.434. The van der Waals surface area contributed by atoms with Gasteiger partial charge in [0.15, 0.2) is 5.58 Å². The molecule has 13 rings (SSSR count). The lowest BCUT2D eigenvalue weighted by atomic mass is 9.60. The van der Waals surface area contributed by atoms with Crippen LogP contribution in [0, 0.1) is 0 Å². The van der Waals surface area contributed by atoms with Gasteiger partial charge in [-0.15, -0.1) is 0 Å². The van der Waals surface area contributed by atoms with Crippen molar-refractivity contribution in [2.75, 3.05) is 4.90 Å². The van der Waals surface area contributed by atoms with Crippen LogP contribution in [0.5, 0.6) is 11.5 Å². The molecule has 10 aromatic carbocycles. The van der Waals surface area contributed by atoms with Crippen LogP contribution in [0.4, 0.5) is 17.1 Å². The van der Waals surface area contributed by atoms with Crippen molar-refractivity contribution < 1.29 is 9.15 Å². The van der Waals surface area contributed by atoms with Gasteiger partial charge in [-0.3, -0.25) is 0 Å². The summed E-state index contributed by atoms with van der Waals surface area (Å²) in [4.78, 5) is 2.45. The fourth-order valence-electron chi connectivity index (χ4n) is 10.6. The highest BCUT2D eigenvalue weighted by Crippen LogP contribution is 2.64. The summed E-state index contributed by atoms with van der Waals surface area (Å²) in [5, 5.41) is 2.18. The van der Waals surface area contributed by atoms with Crippen LogP contribution in [-0.4, -0.2) is 0 Å². The molecule has 3 heterocycles. The van der Waals surface area contributed by atoms with Crippen molar-refractivity contribution in [2.24, 2.45) is 0 Å². The fraction of sp³-hybridized carbons (Fsp3) is 0.0164. The van der Waals surface area contributed by atoms with E-state index in [4.69, 9.17) is 9.15 Å². The van der Waals surface area contributed by atoms with Gasteiger partial charge in [0.25, 0.3) is 0 Å². The van der Waals surface area contributed by atoms with Crippen LogP contribution in [0.3, 0.4) is 0 Å². The zero-order valence-electron chi connectivity index (χ0n) is 34.8. The van der Waals surface area contributed by atoms with E-state index in [9.17, 15) is 0 Å². The quantitative estimate of drug-likeness (QED) is 0.173. The van der Waals surface area contributed by atoms with Gasteiger partial charge in [-0.1, -0.05) is 188 Å². The number of nitrogens with zero attached hydrogens (tertiary/aromatic N) is 1. The summed E-state index contributed by atoms with van der Waals surface area (Å²) in [6, 6.07) is 85.3. The van der Waals surface area contributed by atoms with Gasteiger partial charge in [-0.05, 0) is 104 Å². The lowest BCUT2D eigenvalue weighted by Gasteiger charge is -2.49. The number of fused-ring (bicyclic) bond motifs is 11. The second-order valence-corrected chi connectivity index (χ2v) is 16.7. The molecule has 0 N–H and O–H groups in total. The summed E-state index contributed by atoms with van der Waals surface area (Å²) in [6.07, 6.45) is 0. The Morgan fingerprint density at radius 2 is 0.766 bits per heavy atom. The van der Waals surface area contributed by atoms with Gasteiger partial charge in [-0.25, -0.2) is 0 Å². The average molecular weight is 818 g/mol. The van der Waals surface area contributed by atoms with Gasteiger partial charge in [0.05, 0.1) is 22.5 Å². The van der Waals surface area contributed by atoms with Crippen molar-refractivity contribution in [3.63, 3.8) is 0 Å². The van der Waals surface area contributed by atoms with E-state index >= 15 is 0 Å². The van der Waals surface area contributed by atoms with Crippen LogP contribution in [0.25, 0.3) is 66.4 Å². The maximum Gasteiger partial charge on any atom is 0.159 e. The normalized spacial score (nSPS) is 13.2. The SMILES string of the molecule is c1ccc(-c2ccccc2-c2ccc3c(c2)C2(c4ccccc4Oc4ccccc42)c2cc(-c4ccccc4-c4ccccc4)ccc2N3c2cccc3c2oc2ccccc23)cc1. The second kappa shape index (κ2) is 14.3. The third-order valence-corrected chi connectivity index (χ3v) is 13.4. The molecule has 0 saturated heterocycles. The van der Waals surface area contributed by atoms with Gasteiger partial charge >= 0.3 is 0 Å². The zero-order chi connectivity index (χ0) is 42.2. The van der Waals surface area contributed by atoms with Gasteiger partial charge < -0.3 is 14.1 Å². The number of anilines is 3. The highest BCUT2D eigenvalue weighted by Gasteiger charge is 2.52. The van der Waals surface area contributed by atoms with E-state index in [0.717, 1.165) is 83.9 Å². The van der Waals surface area contributed by atoms with Gasteiger partial charge in [0, 0.05) is 21.9 Å². The number of rotatable bonds is 5. The van der Waals surface area contributed by atoms with Gasteiger partial charge in [-0.2, -0.15) is 0 Å². The molecule has 0 radical (unpaired) electrons. The van der Waals surface area contributed by atoms with E-state index in [0.29, 0.717) is 0 Å². The van der Waals surface area contributed by atoms with Crippen LogP contribution < -0.4 is 9.64 Å². The number of para-hydroxylation sites is 4. The number of benzene rings is 10. The van der Waals surface area contributed by atoms with Crippen molar-refractivity contribution in [3.05, 3.63) is 259 Å². The van der Waals surface area contributed by atoms with Crippen LogP contribution in [0.15, 0.2) is 241 Å². The monoisotopic (exact) mass is 817 g/mol. The Balaban J connectivity index is 1.18. The summed E-state index contributed by atoms with van der Waals surface area (Å²) in [7, 11) is 0. The molecule has 2 aliphatic heterocycles.